The summed E-state index contributed by atoms with van der Waals surface area (Å²) in [5, 5.41) is 0. The highest BCUT2D eigenvalue weighted by molar-refractivity contribution is 5.75. The molecule has 0 unspecified atom stereocenters. The minimum atomic E-state index is -0.0648. The van der Waals surface area contributed by atoms with Crippen molar-refractivity contribution in [1.29, 1.82) is 0 Å². The van der Waals surface area contributed by atoms with E-state index in [-0.39, 0.29) is 6.29 Å². The molecule has 0 bridgehead atoms. The molecule has 0 N–H and O–H groups in total. The molecule has 3 heteroatoms. The van der Waals surface area contributed by atoms with E-state index in [4.69, 9.17) is 0 Å². The number of unbranched alkanes of at least 4 members (excludes halogenated alkanes) is 1. The predicted octanol–water partition coefficient (Wildman–Crippen LogP) is 2.39. The van der Waals surface area contributed by atoms with Gasteiger partial charge in [0.05, 0.1) is 0 Å². The number of rotatable bonds is 5. The number of hydrogen-bond acceptors (Lipinski definition) is 3. The Morgan fingerprint density at radius 3 is 1.85 bits per heavy atom. The Morgan fingerprint density at radius 1 is 1.31 bits per heavy atom. The third kappa shape index (κ3) is 18.5. The molecule has 80 valence electrons. The molecule has 0 atom stereocenters. The third-order valence-electron chi connectivity index (χ3n) is 1.55. The van der Waals surface area contributed by atoms with Gasteiger partial charge in [-0.3, -0.25) is 0 Å². The maximum Gasteiger partial charge on any atom is 0.154 e. The minimum absolute atomic E-state index is 0.0648. The standard InChI is InChI=1S/C6H12O.C4H10O2/c1-3-4-5-6(2)7;1-4(5-2)6-3/h3-5H2,1-2H3;4H,1-3H3. The van der Waals surface area contributed by atoms with Gasteiger partial charge in [0.15, 0.2) is 6.29 Å². The minimum Gasteiger partial charge on any atom is -0.356 e. The third-order valence-corrected chi connectivity index (χ3v) is 1.55. The average Bonchev–Trinajstić information content (AvgIpc) is 2.14. The van der Waals surface area contributed by atoms with Crippen LogP contribution in [0, 0.1) is 0 Å². The second-order valence-corrected chi connectivity index (χ2v) is 2.84. The number of ether oxygens (including phenoxy) is 2. The van der Waals surface area contributed by atoms with Crippen LogP contribution in [0.15, 0.2) is 0 Å². The maximum absolute atomic E-state index is 10.2. The van der Waals surface area contributed by atoms with Crippen LogP contribution < -0.4 is 0 Å². The van der Waals surface area contributed by atoms with Crippen molar-refractivity contribution < 1.29 is 14.3 Å². The molecule has 0 saturated heterocycles. The van der Waals surface area contributed by atoms with Gasteiger partial charge in [0, 0.05) is 20.6 Å². The lowest BCUT2D eigenvalue weighted by atomic mass is 10.2. The highest BCUT2D eigenvalue weighted by Crippen LogP contribution is 1.92. The predicted molar refractivity (Wildman–Crippen MR) is 53.7 cm³/mol. The van der Waals surface area contributed by atoms with Crippen LogP contribution in [0.2, 0.25) is 0 Å². The van der Waals surface area contributed by atoms with Gasteiger partial charge in [0.1, 0.15) is 5.78 Å². The summed E-state index contributed by atoms with van der Waals surface area (Å²) in [4.78, 5) is 10.2. The van der Waals surface area contributed by atoms with Crippen LogP contribution in [0.4, 0.5) is 0 Å². The van der Waals surface area contributed by atoms with Gasteiger partial charge >= 0.3 is 0 Å². The van der Waals surface area contributed by atoms with E-state index >= 15 is 0 Å². The molecule has 0 heterocycles. The number of ketones is 1. The summed E-state index contributed by atoms with van der Waals surface area (Å²) in [6, 6.07) is 0. The normalized spacial score (nSPS) is 9.38. The highest BCUT2D eigenvalue weighted by atomic mass is 16.7. The van der Waals surface area contributed by atoms with E-state index in [1.807, 2.05) is 6.92 Å². The van der Waals surface area contributed by atoms with Gasteiger partial charge in [0.25, 0.3) is 0 Å². The molecule has 0 aliphatic heterocycles. The zero-order valence-corrected chi connectivity index (χ0v) is 9.42. The van der Waals surface area contributed by atoms with Crippen LogP contribution in [0.25, 0.3) is 0 Å². The van der Waals surface area contributed by atoms with Crippen molar-refractivity contribution in [1.82, 2.24) is 0 Å². The first kappa shape index (κ1) is 15.1. The summed E-state index contributed by atoms with van der Waals surface area (Å²) < 4.78 is 9.35. The van der Waals surface area contributed by atoms with Crippen LogP contribution in [0.5, 0.6) is 0 Å². The zero-order valence-electron chi connectivity index (χ0n) is 9.42. The van der Waals surface area contributed by atoms with Crippen LogP contribution in [-0.4, -0.2) is 26.3 Å². The van der Waals surface area contributed by atoms with Crippen LogP contribution in [-0.2, 0) is 14.3 Å². The fraction of sp³-hybridized carbons (Fsp3) is 0.900. The molecule has 0 fully saturated rings. The molecule has 0 radical (unpaired) electrons. The first-order valence-corrected chi connectivity index (χ1v) is 4.63. The molecule has 0 aromatic rings. The van der Waals surface area contributed by atoms with E-state index < -0.39 is 0 Å². The quantitative estimate of drug-likeness (QED) is 0.624. The fourth-order valence-corrected chi connectivity index (χ4v) is 0.522. The smallest absolute Gasteiger partial charge is 0.154 e. The van der Waals surface area contributed by atoms with E-state index in [0.717, 1.165) is 19.3 Å². The van der Waals surface area contributed by atoms with Crippen molar-refractivity contribution in [2.75, 3.05) is 14.2 Å². The summed E-state index contributed by atoms with van der Waals surface area (Å²) in [6.07, 6.45) is 2.87. The van der Waals surface area contributed by atoms with Gasteiger partial charge in [-0.1, -0.05) is 13.3 Å². The second-order valence-electron chi connectivity index (χ2n) is 2.84. The Labute approximate surface area is 81.4 Å². The second kappa shape index (κ2) is 11.6. The van der Waals surface area contributed by atoms with Gasteiger partial charge in [-0.15, -0.1) is 0 Å². The first-order valence-electron chi connectivity index (χ1n) is 4.63. The molecule has 0 rings (SSSR count). The average molecular weight is 190 g/mol. The lowest BCUT2D eigenvalue weighted by molar-refractivity contribution is -0.117. The molecule has 3 nitrogen and oxygen atoms in total. The van der Waals surface area contributed by atoms with E-state index in [1.54, 1.807) is 21.1 Å². The van der Waals surface area contributed by atoms with Gasteiger partial charge in [-0.05, 0) is 20.3 Å². The fourth-order valence-electron chi connectivity index (χ4n) is 0.522. The molecule has 0 saturated carbocycles. The molecule has 0 spiro atoms. The van der Waals surface area contributed by atoms with E-state index in [9.17, 15) is 4.79 Å². The largest absolute Gasteiger partial charge is 0.356 e. The number of carbonyl (C=O) groups excluding carboxylic acids is 1. The Bertz CT molecular complexity index is 109. The van der Waals surface area contributed by atoms with E-state index in [0.29, 0.717) is 5.78 Å². The highest BCUT2D eigenvalue weighted by Gasteiger charge is 1.88. The maximum atomic E-state index is 10.2. The topological polar surface area (TPSA) is 35.5 Å². The summed E-state index contributed by atoms with van der Waals surface area (Å²) in [5.41, 5.74) is 0. The summed E-state index contributed by atoms with van der Waals surface area (Å²) >= 11 is 0. The lowest BCUT2D eigenvalue weighted by Gasteiger charge is -2.03. The Morgan fingerprint density at radius 2 is 1.77 bits per heavy atom. The van der Waals surface area contributed by atoms with Crippen molar-refractivity contribution >= 4 is 5.78 Å². The summed E-state index contributed by atoms with van der Waals surface area (Å²) in [7, 11) is 3.21. The molecule has 0 amide bonds. The van der Waals surface area contributed by atoms with E-state index in [2.05, 4.69) is 16.4 Å². The molecular weight excluding hydrogens is 168 g/mol. The number of methoxy groups -OCH3 is 2. The summed E-state index contributed by atoms with van der Waals surface area (Å²) in [5.74, 6) is 0.307. The number of carbonyl (C=O) groups is 1. The molecule has 0 aliphatic rings. The van der Waals surface area contributed by atoms with E-state index in [1.165, 1.54) is 0 Å². The summed E-state index contributed by atoms with van der Waals surface area (Å²) in [6.45, 7) is 5.55. The molecular formula is C10H22O3. The molecule has 13 heavy (non-hydrogen) atoms. The SMILES string of the molecule is CCCCC(C)=O.COC(C)OC. The van der Waals surface area contributed by atoms with Gasteiger partial charge in [0.2, 0.25) is 0 Å². The molecule has 0 aromatic heterocycles. The van der Waals surface area contributed by atoms with Crippen molar-refractivity contribution in [3.8, 4) is 0 Å². The number of hydrogen-bond donors (Lipinski definition) is 0. The van der Waals surface area contributed by atoms with Crippen molar-refractivity contribution in [3.05, 3.63) is 0 Å². The lowest BCUT2D eigenvalue weighted by Crippen LogP contribution is -2.05. The number of Topliss-reactive ketones (excluding diaryl/α,β-unsaturated/α-hetero) is 1. The van der Waals surface area contributed by atoms with Crippen LogP contribution in [0.1, 0.15) is 40.0 Å². The Hall–Kier alpha value is -0.410. The first-order chi connectivity index (χ1) is 6.08. The Kier molecular flexibility index (Phi) is 13.4. The van der Waals surface area contributed by atoms with Crippen molar-refractivity contribution in [2.24, 2.45) is 0 Å². The van der Waals surface area contributed by atoms with Gasteiger partial charge < -0.3 is 14.3 Å². The van der Waals surface area contributed by atoms with Gasteiger partial charge in [-0.2, -0.15) is 0 Å². The van der Waals surface area contributed by atoms with Crippen molar-refractivity contribution in [3.63, 3.8) is 0 Å². The molecule has 0 aliphatic carbocycles. The Balaban J connectivity index is 0. The zero-order chi connectivity index (χ0) is 10.7. The van der Waals surface area contributed by atoms with Crippen LogP contribution in [0.3, 0.4) is 0 Å². The monoisotopic (exact) mass is 190 g/mol. The molecule has 0 aromatic carbocycles. The van der Waals surface area contributed by atoms with Crippen molar-refractivity contribution in [2.45, 2.75) is 46.3 Å². The van der Waals surface area contributed by atoms with Crippen LogP contribution >= 0.6 is 0 Å². The van der Waals surface area contributed by atoms with Gasteiger partial charge in [-0.25, -0.2) is 0 Å².